The molecular weight excluding hydrogens is 353 g/mol. The number of benzene rings is 2. The van der Waals surface area contributed by atoms with Crippen molar-refractivity contribution in [3.05, 3.63) is 82.4 Å². The van der Waals surface area contributed by atoms with Gasteiger partial charge in [0.1, 0.15) is 29.8 Å². The summed E-state index contributed by atoms with van der Waals surface area (Å²) in [4.78, 5) is 4.05. The molecule has 25 heavy (non-hydrogen) atoms. The van der Waals surface area contributed by atoms with Gasteiger partial charge in [0.2, 0.25) is 5.95 Å². The highest BCUT2D eigenvalue weighted by atomic mass is 35.5. The molecule has 0 saturated heterocycles. The minimum atomic E-state index is -0.745. The first-order valence-electron chi connectivity index (χ1n) is 7.32. The van der Waals surface area contributed by atoms with E-state index in [4.69, 9.17) is 11.6 Å². The van der Waals surface area contributed by atoms with E-state index in [1.54, 1.807) is 12.1 Å². The van der Waals surface area contributed by atoms with E-state index in [-0.39, 0.29) is 16.1 Å². The third-order valence-electron chi connectivity index (χ3n) is 3.92. The van der Waals surface area contributed by atoms with Gasteiger partial charge in [0.15, 0.2) is 0 Å². The molecule has 1 unspecified atom stereocenters. The van der Waals surface area contributed by atoms with Crippen molar-refractivity contribution in [2.75, 3.05) is 5.32 Å². The molecule has 1 atom stereocenters. The van der Waals surface area contributed by atoms with Crippen molar-refractivity contribution < 1.29 is 13.2 Å². The zero-order valence-corrected chi connectivity index (χ0v) is 13.3. The topological polar surface area (TPSA) is 42.7 Å². The molecule has 2 aromatic carbocycles. The molecule has 8 heteroatoms. The molecule has 1 aliphatic heterocycles. The molecule has 0 radical (unpaired) electrons. The van der Waals surface area contributed by atoms with E-state index in [1.807, 2.05) is 0 Å². The van der Waals surface area contributed by atoms with Crippen molar-refractivity contribution in [1.82, 2.24) is 14.8 Å². The standard InChI is InChI=1S/C17H10ClF3N4/c18-11-2-1-3-12(20)16(11)15-7-14(24-17-22-8-23-25(15)17)10-5-4-9(19)6-13(10)21/h1-8,15H,(H,22,23,24). The number of allylic oxidation sites excluding steroid dienone is 1. The molecule has 0 fully saturated rings. The first-order valence-corrected chi connectivity index (χ1v) is 7.70. The van der Waals surface area contributed by atoms with Gasteiger partial charge in [0.25, 0.3) is 0 Å². The number of hydrogen-bond acceptors (Lipinski definition) is 3. The van der Waals surface area contributed by atoms with E-state index in [2.05, 4.69) is 15.4 Å². The van der Waals surface area contributed by atoms with Gasteiger partial charge >= 0.3 is 0 Å². The number of aromatic nitrogens is 3. The highest BCUT2D eigenvalue weighted by molar-refractivity contribution is 6.31. The van der Waals surface area contributed by atoms with E-state index in [1.165, 1.54) is 29.2 Å². The highest BCUT2D eigenvalue weighted by Gasteiger charge is 2.28. The van der Waals surface area contributed by atoms with Crippen molar-refractivity contribution in [3.63, 3.8) is 0 Å². The third kappa shape index (κ3) is 2.66. The number of fused-ring (bicyclic) bond motifs is 1. The van der Waals surface area contributed by atoms with Gasteiger partial charge in [-0.3, -0.25) is 0 Å². The second-order valence-corrected chi connectivity index (χ2v) is 5.85. The molecule has 0 saturated carbocycles. The van der Waals surface area contributed by atoms with Crippen molar-refractivity contribution in [2.45, 2.75) is 6.04 Å². The maximum absolute atomic E-state index is 14.4. The molecule has 1 aromatic heterocycles. The molecule has 4 nitrogen and oxygen atoms in total. The minimum absolute atomic E-state index is 0.133. The van der Waals surface area contributed by atoms with Crippen LogP contribution < -0.4 is 5.32 Å². The molecule has 126 valence electrons. The summed E-state index contributed by atoms with van der Waals surface area (Å²) >= 11 is 6.17. The van der Waals surface area contributed by atoms with Crippen LogP contribution >= 0.6 is 11.6 Å². The summed E-state index contributed by atoms with van der Waals surface area (Å²) in [5, 5.41) is 7.21. The van der Waals surface area contributed by atoms with Gasteiger partial charge in [0.05, 0.1) is 0 Å². The summed E-state index contributed by atoms with van der Waals surface area (Å²) in [7, 11) is 0. The predicted molar refractivity (Wildman–Crippen MR) is 87.5 cm³/mol. The van der Waals surface area contributed by atoms with Crippen LogP contribution in [0.3, 0.4) is 0 Å². The van der Waals surface area contributed by atoms with E-state index < -0.39 is 23.5 Å². The van der Waals surface area contributed by atoms with Gasteiger partial charge in [-0.1, -0.05) is 17.7 Å². The molecule has 0 bridgehead atoms. The van der Waals surface area contributed by atoms with E-state index in [9.17, 15) is 13.2 Å². The van der Waals surface area contributed by atoms with Crippen molar-refractivity contribution in [3.8, 4) is 0 Å². The lowest BCUT2D eigenvalue weighted by molar-refractivity contribution is 0.550. The van der Waals surface area contributed by atoms with Crippen LogP contribution in [-0.4, -0.2) is 14.8 Å². The maximum atomic E-state index is 14.4. The Morgan fingerprint density at radius 1 is 1.08 bits per heavy atom. The van der Waals surface area contributed by atoms with Gasteiger partial charge in [-0.2, -0.15) is 10.1 Å². The quantitative estimate of drug-likeness (QED) is 0.734. The van der Waals surface area contributed by atoms with E-state index in [0.29, 0.717) is 11.6 Å². The number of hydrogen-bond donors (Lipinski definition) is 1. The summed E-state index contributed by atoms with van der Waals surface area (Å²) in [5.41, 5.74) is 0.646. The zero-order valence-electron chi connectivity index (χ0n) is 12.5. The van der Waals surface area contributed by atoms with Crippen LogP contribution in [0, 0.1) is 17.5 Å². The monoisotopic (exact) mass is 362 g/mol. The number of rotatable bonds is 2. The molecule has 0 spiro atoms. The summed E-state index contributed by atoms with van der Waals surface area (Å²) < 4.78 is 43.2. The van der Waals surface area contributed by atoms with Crippen LogP contribution in [0.5, 0.6) is 0 Å². The molecule has 4 rings (SSSR count). The van der Waals surface area contributed by atoms with Gasteiger partial charge < -0.3 is 5.32 Å². The first-order chi connectivity index (χ1) is 12.0. The summed E-state index contributed by atoms with van der Waals surface area (Å²) in [6.07, 6.45) is 2.87. The fourth-order valence-electron chi connectivity index (χ4n) is 2.80. The number of anilines is 1. The van der Waals surface area contributed by atoms with Gasteiger partial charge in [0, 0.05) is 27.9 Å². The van der Waals surface area contributed by atoms with Crippen LogP contribution in [0.4, 0.5) is 19.1 Å². The van der Waals surface area contributed by atoms with Gasteiger partial charge in [-0.05, 0) is 30.3 Å². The number of halogens is 4. The molecule has 3 aromatic rings. The third-order valence-corrected chi connectivity index (χ3v) is 4.25. The molecular formula is C17H10ClF3N4. The largest absolute Gasteiger partial charge is 0.324 e. The van der Waals surface area contributed by atoms with E-state index >= 15 is 0 Å². The fraction of sp³-hybridized carbons (Fsp3) is 0.0588. The Labute approximate surface area is 145 Å². The van der Waals surface area contributed by atoms with Crippen molar-refractivity contribution in [1.29, 1.82) is 0 Å². The average molecular weight is 363 g/mol. The first kappa shape index (κ1) is 15.7. The smallest absolute Gasteiger partial charge is 0.226 e. The SMILES string of the molecule is Fc1ccc(C2=CC(c3c(F)cccc3Cl)n3ncnc3N2)c(F)c1. The Morgan fingerprint density at radius 2 is 1.92 bits per heavy atom. The number of nitrogens with one attached hydrogen (secondary N) is 1. The summed E-state index contributed by atoms with van der Waals surface area (Å²) in [6.45, 7) is 0. The maximum Gasteiger partial charge on any atom is 0.226 e. The Bertz CT molecular complexity index is 979. The summed E-state index contributed by atoms with van der Waals surface area (Å²) in [5.74, 6) is -1.65. The van der Waals surface area contributed by atoms with E-state index in [0.717, 1.165) is 12.1 Å². The van der Waals surface area contributed by atoms with Crippen LogP contribution in [0.15, 0.2) is 48.8 Å². The lowest BCUT2D eigenvalue weighted by Gasteiger charge is -2.25. The highest BCUT2D eigenvalue weighted by Crippen LogP contribution is 2.36. The van der Waals surface area contributed by atoms with Crippen molar-refractivity contribution >= 4 is 23.2 Å². The lowest BCUT2D eigenvalue weighted by atomic mass is 10.0. The van der Waals surface area contributed by atoms with Crippen LogP contribution in [-0.2, 0) is 0 Å². The Morgan fingerprint density at radius 3 is 2.68 bits per heavy atom. The van der Waals surface area contributed by atoms with Gasteiger partial charge in [-0.25, -0.2) is 17.9 Å². The average Bonchev–Trinajstić information content (AvgIpc) is 3.03. The Balaban J connectivity index is 1.89. The number of nitrogens with zero attached hydrogens (tertiary/aromatic N) is 3. The minimum Gasteiger partial charge on any atom is -0.324 e. The molecule has 2 heterocycles. The van der Waals surface area contributed by atoms with Crippen LogP contribution in [0.25, 0.3) is 5.70 Å². The summed E-state index contributed by atoms with van der Waals surface area (Å²) in [6, 6.07) is 6.83. The molecule has 0 amide bonds. The molecule has 1 aliphatic rings. The van der Waals surface area contributed by atoms with Crippen LogP contribution in [0.2, 0.25) is 5.02 Å². The predicted octanol–water partition coefficient (Wildman–Crippen LogP) is 4.40. The fourth-order valence-corrected chi connectivity index (χ4v) is 3.07. The second-order valence-electron chi connectivity index (χ2n) is 5.44. The van der Waals surface area contributed by atoms with Crippen molar-refractivity contribution in [2.24, 2.45) is 0 Å². The molecule has 0 aliphatic carbocycles. The lowest BCUT2D eigenvalue weighted by Crippen LogP contribution is -2.21. The Hall–Kier alpha value is -2.80. The second kappa shape index (κ2) is 5.93. The van der Waals surface area contributed by atoms with Gasteiger partial charge in [-0.15, -0.1) is 0 Å². The zero-order chi connectivity index (χ0) is 17.6. The Kier molecular flexibility index (Phi) is 3.73. The molecule has 1 N–H and O–H groups in total. The van der Waals surface area contributed by atoms with Crippen LogP contribution in [0.1, 0.15) is 17.2 Å². The normalized spacial score (nSPS) is 16.2.